The van der Waals surface area contributed by atoms with Gasteiger partial charge in [0.25, 0.3) is 0 Å². The van der Waals surface area contributed by atoms with E-state index in [1.165, 1.54) is 32.1 Å². The van der Waals surface area contributed by atoms with Gasteiger partial charge in [-0.25, -0.2) is 0 Å². The first-order valence-electron chi connectivity index (χ1n) is 4.24. The average Bonchev–Trinajstić information content (AvgIpc) is 2.29. The molecule has 1 N–H and O–H groups in total. The molecule has 0 saturated carbocycles. The third kappa shape index (κ3) is 1.23. The smallest absolute Gasteiger partial charge is 0.0649 e. The first-order chi connectivity index (χ1) is 5.23. The van der Waals surface area contributed by atoms with Crippen LogP contribution < -0.4 is 5.32 Å². The quantitative estimate of drug-likeness (QED) is 0.480. The lowest BCUT2D eigenvalue weighted by molar-refractivity contribution is 0.360. The Bertz CT molecular complexity index is 189. The number of piperidine rings is 1. The van der Waals surface area contributed by atoms with Gasteiger partial charge in [0, 0.05) is 6.04 Å². The molecular formula is C8H13NS2. The maximum atomic E-state index is 5.16. The number of rotatable bonds is 1. The molecule has 2 heterocycles. The van der Waals surface area contributed by atoms with E-state index in [1.54, 1.807) is 0 Å². The maximum Gasteiger partial charge on any atom is 0.0649 e. The van der Waals surface area contributed by atoms with Crippen LogP contribution in [0.2, 0.25) is 0 Å². The summed E-state index contributed by atoms with van der Waals surface area (Å²) in [5.41, 5.74) is 0.140. The Hall–Kier alpha value is 0.400. The summed E-state index contributed by atoms with van der Waals surface area (Å²) in [6.07, 6.45) is 6.35. The van der Waals surface area contributed by atoms with E-state index in [9.17, 15) is 0 Å². The van der Waals surface area contributed by atoms with E-state index in [4.69, 9.17) is 12.2 Å². The average molecular weight is 187 g/mol. The van der Waals surface area contributed by atoms with Crippen LogP contribution in [0.25, 0.3) is 0 Å². The molecule has 11 heavy (non-hydrogen) atoms. The fourth-order valence-electron chi connectivity index (χ4n) is 2.30. The molecular weight excluding hydrogens is 174 g/mol. The Morgan fingerprint density at radius 3 is 2.91 bits per heavy atom. The summed E-state index contributed by atoms with van der Waals surface area (Å²) in [6, 6.07) is 0.730. The second-order valence-corrected chi connectivity index (χ2v) is 4.82. The van der Waals surface area contributed by atoms with Crippen molar-refractivity contribution in [3.8, 4) is 0 Å². The van der Waals surface area contributed by atoms with Gasteiger partial charge in [-0.05, 0) is 32.1 Å². The molecule has 2 aliphatic heterocycles. The van der Waals surface area contributed by atoms with Gasteiger partial charge in [-0.1, -0.05) is 12.2 Å². The highest BCUT2D eigenvalue weighted by atomic mass is 32.1. The summed E-state index contributed by atoms with van der Waals surface area (Å²) in [6.45, 7) is 0. The summed E-state index contributed by atoms with van der Waals surface area (Å²) >= 11 is 9.46. The lowest BCUT2D eigenvalue weighted by Gasteiger charge is -2.33. The first-order valence-corrected chi connectivity index (χ1v) is 5.10. The second-order valence-electron chi connectivity index (χ2n) is 3.66. The van der Waals surface area contributed by atoms with E-state index < -0.39 is 0 Å². The van der Waals surface area contributed by atoms with Crippen molar-refractivity contribution >= 4 is 29.0 Å². The lowest BCUT2D eigenvalue weighted by atomic mass is 9.93. The minimum atomic E-state index is 0.140. The third-order valence-electron chi connectivity index (χ3n) is 2.97. The van der Waals surface area contributed by atoms with Gasteiger partial charge in [-0.3, -0.25) is 0 Å². The first kappa shape index (κ1) is 8.02. The number of hydrogen-bond acceptors (Lipinski definition) is 2. The van der Waals surface area contributed by atoms with Crippen molar-refractivity contribution in [2.24, 2.45) is 0 Å². The molecule has 0 aromatic rings. The van der Waals surface area contributed by atoms with E-state index in [-0.39, 0.29) is 5.54 Å². The van der Waals surface area contributed by atoms with Crippen molar-refractivity contribution in [2.45, 2.75) is 43.7 Å². The highest BCUT2D eigenvalue weighted by Crippen LogP contribution is 2.37. The van der Waals surface area contributed by atoms with Gasteiger partial charge in [-0.15, -0.1) is 12.6 Å². The molecule has 2 atom stereocenters. The summed E-state index contributed by atoms with van der Waals surface area (Å²) in [4.78, 5) is 0. The summed E-state index contributed by atoms with van der Waals surface area (Å²) in [5.74, 6) is 0. The Morgan fingerprint density at radius 2 is 2.27 bits per heavy atom. The normalized spacial score (nSPS) is 42.5. The number of hydrogen-bond donors (Lipinski definition) is 2. The topological polar surface area (TPSA) is 12.0 Å². The standard InChI is InChI=1S/C8H13NS2/c10-7(11)8-4-1-2-6(9-8)3-5-8/h6,9H,1-5H2,(H,10,11). The highest BCUT2D eigenvalue weighted by molar-refractivity contribution is 8.11. The second kappa shape index (κ2) is 2.71. The molecule has 2 fully saturated rings. The number of fused-ring (bicyclic) bond motifs is 2. The van der Waals surface area contributed by atoms with Crippen molar-refractivity contribution < 1.29 is 0 Å². The molecule has 62 valence electrons. The Morgan fingerprint density at radius 1 is 1.45 bits per heavy atom. The zero-order valence-corrected chi connectivity index (χ0v) is 8.18. The zero-order chi connectivity index (χ0) is 7.90. The Labute approximate surface area is 78.3 Å². The molecule has 2 rings (SSSR count). The van der Waals surface area contributed by atoms with Crippen LogP contribution in [-0.2, 0) is 0 Å². The monoisotopic (exact) mass is 187 g/mol. The molecule has 2 unspecified atom stereocenters. The van der Waals surface area contributed by atoms with Crippen molar-refractivity contribution in [3.63, 3.8) is 0 Å². The van der Waals surface area contributed by atoms with E-state index in [2.05, 4.69) is 17.9 Å². The van der Waals surface area contributed by atoms with Gasteiger partial charge in [-0.2, -0.15) is 0 Å². The van der Waals surface area contributed by atoms with Crippen LogP contribution in [0.15, 0.2) is 0 Å². The van der Waals surface area contributed by atoms with Gasteiger partial charge in [0.15, 0.2) is 0 Å². The van der Waals surface area contributed by atoms with Gasteiger partial charge >= 0.3 is 0 Å². The lowest BCUT2D eigenvalue weighted by Crippen LogP contribution is -2.50. The van der Waals surface area contributed by atoms with Crippen LogP contribution in [0.1, 0.15) is 32.1 Å². The minimum Gasteiger partial charge on any atom is -0.303 e. The maximum absolute atomic E-state index is 5.16. The molecule has 1 nitrogen and oxygen atoms in total. The van der Waals surface area contributed by atoms with Gasteiger partial charge in [0.2, 0.25) is 0 Å². The van der Waals surface area contributed by atoms with Crippen LogP contribution >= 0.6 is 24.8 Å². The fourth-order valence-corrected chi connectivity index (χ4v) is 2.85. The molecule has 3 heteroatoms. The number of thiol groups is 1. The van der Waals surface area contributed by atoms with E-state index in [0.29, 0.717) is 0 Å². The summed E-state index contributed by atoms with van der Waals surface area (Å²) in [5, 5.41) is 3.59. The molecule has 0 aromatic heterocycles. The van der Waals surface area contributed by atoms with E-state index in [1.807, 2.05) is 0 Å². The Kier molecular flexibility index (Phi) is 1.98. The predicted molar refractivity (Wildman–Crippen MR) is 54.3 cm³/mol. The fraction of sp³-hybridized carbons (Fsp3) is 0.875. The molecule has 0 radical (unpaired) electrons. The molecule has 2 bridgehead atoms. The Balaban J connectivity index is 2.19. The minimum absolute atomic E-state index is 0.140. The van der Waals surface area contributed by atoms with Gasteiger partial charge in [0.1, 0.15) is 0 Å². The van der Waals surface area contributed by atoms with Crippen molar-refractivity contribution in [3.05, 3.63) is 0 Å². The summed E-state index contributed by atoms with van der Waals surface area (Å²) in [7, 11) is 0. The van der Waals surface area contributed by atoms with Crippen molar-refractivity contribution in [1.82, 2.24) is 5.32 Å². The van der Waals surface area contributed by atoms with E-state index >= 15 is 0 Å². The van der Waals surface area contributed by atoms with Gasteiger partial charge in [0.05, 0.1) is 9.74 Å². The largest absolute Gasteiger partial charge is 0.303 e. The van der Waals surface area contributed by atoms with Gasteiger partial charge < -0.3 is 5.32 Å². The molecule has 2 aliphatic rings. The van der Waals surface area contributed by atoms with Crippen LogP contribution in [-0.4, -0.2) is 15.8 Å². The summed E-state index contributed by atoms with van der Waals surface area (Å²) < 4.78 is 0.875. The third-order valence-corrected chi connectivity index (χ3v) is 3.78. The van der Waals surface area contributed by atoms with Crippen LogP contribution in [0.3, 0.4) is 0 Å². The predicted octanol–water partition coefficient (Wildman–Crippen LogP) is 1.92. The van der Waals surface area contributed by atoms with Crippen LogP contribution in [0.5, 0.6) is 0 Å². The molecule has 0 amide bonds. The SMILES string of the molecule is S=C(S)C12CCCC(CC1)N2. The highest BCUT2D eigenvalue weighted by Gasteiger charge is 2.43. The number of thiocarbonyl (C=S) groups is 1. The van der Waals surface area contributed by atoms with E-state index in [0.717, 1.165) is 10.2 Å². The van der Waals surface area contributed by atoms with Crippen LogP contribution in [0, 0.1) is 0 Å². The molecule has 2 saturated heterocycles. The molecule has 0 aromatic carbocycles. The van der Waals surface area contributed by atoms with Crippen molar-refractivity contribution in [1.29, 1.82) is 0 Å². The van der Waals surface area contributed by atoms with Crippen LogP contribution in [0.4, 0.5) is 0 Å². The molecule has 0 spiro atoms. The zero-order valence-electron chi connectivity index (χ0n) is 6.47. The molecule has 0 aliphatic carbocycles. The number of nitrogens with one attached hydrogen (secondary N) is 1. The van der Waals surface area contributed by atoms with Crippen molar-refractivity contribution in [2.75, 3.05) is 0 Å².